The topological polar surface area (TPSA) is 91.8 Å². The minimum Gasteiger partial charge on any atom is -0.354 e. The molecule has 1 aromatic rings. The summed E-state index contributed by atoms with van der Waals surface area (Å²) in [5.74, 6) is 0.801. The zero-order valence-corrected chi connectivity index (χ0v) is 13.5. The molecule has 118 valence electrons. The number of halogens is 1. The molecule has 1 unspecified atom stereocenters. The summed E-state index contributed by atoms with van der Waals surface area (Å²) in [5, 5.41) is 9.04. The zero-order valence-electron chi connectivity index (χ0n) is 12.7. The van der Waals surface area contributed by atoms with Gasteiger partial charge < -0.3 is 16.0 Å². The number of nitrogens with zero attached hydrogens (tertiary/aromatic N) is 3. The minimum atomic E-state index is 0.00124. The highest BCUT2D eigenvalue weighted by molar-refractivity contribution is 6.28. The second kappa shape index (κ2) is 9.33. The van der Waals surface area contributed by atoms with Crippen LogP contribution in [0.3, 0.4) is 0 Å². The lowest BCUT2D eigenvalue weighted by Crippen LogP contribution is -2.33. The Morgan fingerprint density at radius 3 is 2.33 bits per heavy atom. The van der Waals surface area contributed by atoms with Gasteiger partial charge in [-0.3, -0.25) is 4.79 Å². The van der Waals surface area contributed by atoms with Crippen LogP contribution >= 0.6 is 11.6 Å². The van der Waals surface area contributed by atoms with Gasteiger partial charge in [-0.2, -0.15) is 15.0 Å². The number of carbonyl (C=O) groups excluding carboxylic acids is 1. The third-order valence-electron chi connectivity index (χ3n) is 2.80. The normalized spacial score (nSPS) is 11.8. The Labute approximate surface area is 130 Å². The van der Waals surface area contributed by atoms with Crippen LogP contribution in [-0.4, -0.2) is 40.0 Å². The van der Waals surface area contributed by atoms with Crippen LogP contribution in [0.25, 0.3) is 0 Å². The van der Waals surface area contributed by atoms with Crippen molar-refractivity contribution >= 4 is 29.4 Å². The van der Waals surface area contributed by atoms with E-state index in [0.29, 0.717) is 24.9 Å². The predicted molar refractivity (Wildman–Crippen MR) is 84.6 cm³/mol. The molecule has 0 aromatic carbocycles. The molecule has 0 spiro atoms. The molecule has 0 aliphatic rings. The van der Waals surface area contributed by atoms with Gasteiger partial charge in [0.15, 0.2) is 0 Å². The van der Waals surface area contributed by atoms with Crippen molar-refractivity contribution in [2.24, 2.45) is 0 Å². The van der Waals surface area contributed by atoms with E-state index in [1.54, 1.807) is 0 Å². The summed E-state index contributed by atoms with van der Waals surface area (Å²) in [6.45, 7) is 7.25. The number of hydrogen-bond donors (Lipinski definition) is 3. The zero-order chi connectivity index (χ0) is 15.7. The predicted octanol–water partition coefficient (Wildman–Crippen LogP) is 2.06. The van der Waals surface area contributed by atoms with Crippen molar-refractivity contribution in [1.82, 2.24) is 20.3 Å². The van der Waals surface area contributed by atoms with Crippen molar-refractivity contribution in [2.45, 2.75) is 46.1 Å². The molecule has 0 fully saturated rings. The van der Waals surface area contributed by atoms with Crippen LogP contribution in [0.4, 0.5) is 11.9 Å². The van der Waals surface area contributed by atoms with Crippen LogP contribution in [0.1, 0.15) is 40.0 Å². The van der Waals surface area contributed by atoms with Crippen molar-refractivity contribution in [3.8, 4) is 0 Å². The molecule has 7 nitrogen and oxygen atoms in total. The van der Waals surface area contributed by atoms with Crippen molar-refractivity contribution in [2.75, 3.05) is 23.7 Å². The van der Waals surface area contributed by atoms with Gasteiger partial charge in [-0.1, -0.05) is 13.8 Å². The molecule has 8 heteroatoms. The molecular formula is C13H23ClN6O. The molecule has 1 amide bonds. The monoisotopic (exact) mass is 314 g/mol. The quantitative estimate of drug-likeness (QED) is 0.646. The summed E-state index contributed by atoms with van der Waals surface area (Å²) < 4.78 is 0. The number of rotatable bonds is 9. The average molecular weight is 315 g/mol. The number of aromatic nitrogens is 3. The summed E-state index contributed by atoms with van der Waals surface area (Å²) in [4.78, 5) is 23.8. The fraction of sp³-hybridized carbons (Fsp3) is 0.692. The van der Waals surface area contributed by atoms with Crippen molar-refractivity contribution < 1.29 is 4.79 Å². The first kappa shape index (κ1) is 17.4. The van der Waals surface area contributed by atoms with E-state index in [-0.39, 0.29) is 17.2 Å². The standard InChI is InChI=1S/C13H23ClN6O/c1-4-7-15-12-18-11(14)19-13(20-12)16-8-6-10(21)17-9(3)5-2/h9H,4-8H2,1-3H3,(H,17,21)(H2,15,16,18,19,20). The first-order chi connectivity index (χ1) is 10.0. The van der Waals surface area contributed by atoms with Gasteiger partial charge in [0.05, 0.1) is 0 Å². The van der Waals surface area contributed by atoms with Crippen LogP contribution in [0, 0.1) is 0 Å². The molecule has 1 rings (SSSR count). The molecule has 0 saturated carbocycles. The average Bonchev–Trinajstić information content (AvgIpc) is 2.44. The van der Waals surface area contributed by atoms with E-state index in [4.69, 9.17) is 11.6 Å². The Hall–Kier alpha value is -1.63. The van der Waals surface area contributed by atoms with Crippen LogP contribution in [-0.2, 0) is 4.79 Å². The number of amides is 1. The highest BCUT2D eigenvalue weighted by atomic mass is 35.5. The van der Waals surface area contributed by atoms with Gasteiger partial charge in [-0.05, 0) is 31.4 Å². The van der Waals surface area contributed by atoms with Gasteiger partial charge in [-0.15, -0.1) is 0 Å². The largest absolute Gasteiger partial charge is 0.354 e. The van der Waals surface area contributed by atoms with Crippen molar-refractivity contribution in [3.63, 3.8) is 0 Å². The van der Waals surface area contributed by atoms with E-state index in [0.717, 1.165) is 19.4 Å². The second-order valence-corrected chi connectivity index (χ2v) is 5.07. The molecule has 21 heavy (non-hydrogen) atoms. The highest BCUT2D eigenvalue weighted by Crippen LogP contribution is 2.09. The van der Waals surface area contributed by atoms with Gasteiger partial charge in [0, 0.05) is 25.6 Å². The highest BCUT2D eigenvalue weighted by Gasteiger charge is 2.07. The summed E-state index contributed by atoms with van der Waals surface area (Å²) in [6.07, 6.45) is 2.22. The lowest BCUT2D eigenvalue weighted by molar-refractivity contribution is -0.121. The van der Waals surface area contributed by atoms with E-state index in [1.165, 1.54) is 0 Å². The van der Waals surface area contributed by atoms with Crippen molar-refractivity contribution in [1.29, 1.82) is 0 Å². The Bertz CT molecular complexity index is 456. The maximum atomic E-state index is 11.6. The van der Waals surface area contributed by atoms with E-state index in [1.807, 2.05) is 20.8 Å². The van der Waals surface area contributed by atoms with E-state index in [9.17, 15) is 4.79 Å². The Balaban J connectivity index is 2.44. The fourth-order valence-corrected chi connectivity index (χ4v) is 1.64. The first-order valence-electron chi connectivity index (χ1n) is 7.23. The third kappa shape index (κ3) is 7.08. The second-order valence-electron chi connectivity index (χ2n) is 4.73. The lowest BCUT2D eigenvalue weighted by Gasteiger charge is -2.11. The van der Waals surface area contributed by atoms with Crippen LogP contribution in [0.2, 0.25) is 5.28 Å². The molecule has 1 heterocycles. The molecule has 0 aliphatic carbocycles. The first-order valence-corrected chi connectivity index (χ1v) is 7.61. The molecule has 3 N–H and O–H groups in total. The number of carbonyl (C=O) groups is 1. The summed E-state index contributed by atoms with van der Waals surface area (Å²) in [6, 6.07) is 0.189. The van der Waals surface area contributed by atoms with E-state index < -0.39 is 0 Å². The summed E-state index contributed by atoms with van der Waals surface area (Å²) in [7, 11) is 0. The summed E-state index contributed by atoms with van der Waals surface area (Å²) >= 11 is 5.84. The molecular weight excluding hydrogens is 292 g/mol. The number of anilines is 2. The Morgan fingerprint density at radius 1 is 1.14 bits per heavy atom. The minimum absolute atomic E-state index is 0.00124. The third-order valence-corrected chi connectivity index (χ3v) is 2.97. The number of nitrogens with one attached hydrogen (secondary N) is 3. The maximum absolute atomic E-state index is 11.6. The van der Waals surface area contributed by atoms with Gasteiger partial charge in [0.1, 0.15) is 0 Å². The SMILES string of the molecule is CCCNc1nc(Cl)nc(NCCC(=O)NC(C)CC)n1. The van der Waals surface area contributed by atoms with Crippen molar-refractivity contribution in [3.05, 3.63) is 5.28 Å². The molecule has 1 atom stereocenters. The molecule has 0 bridgehead atoms. The van der Waals surface area contributed by atoms with Gasteiger partial charge in [-0.25, -0.2) is 0 Å². The van der Waals surface area contributed by atoms with Crippen LogP contribution in [0.15, 0.2) is 0 Å². The maximum Gasteiger partial charge on any atom is 0.228 e. The number of hydrogen-bond acceptors (Lipinski definition) is 6. The van der Waals surface area contributed by atoms with Gasteiger partial charge >= 0.3 is 0 Å². The Morgan fingerprint density at radius 2 is 1.76 bits per heavy atom. The van der Waals surface area contributed by atoms with Crippen LogP contribution in [0.5, 0.6) is 0 Å². The van der Waals surface area contributed by atoms with Crippen LogP contribution < -0.4 is 16.0 Å². The molecule has 0 saturated heterocycles. The van der Waals surface area contributed by atoms with E-state index >= 15 is 0 Å². The summed E-state index contributed by atoms with van der Waals surface area (Å²) in [5.41, 5.74) is 0. The van der Waals surface area contributed by atoms with E-state index in [2.05, 4.69) is 30.9 Å². The molecule has 0 radical (unpaired) electrons. The Kier molecular flexibility index (Phi) is 7.74. The molecule has 0 aliphatic heterocycles. The van der Waals surface area contributed by atoms with Gasteiger partial charge in [0.25, 0.3) is 0 Å². The smallest absolute Gasteiger partial charge is 0.228 e. The lowest BCUT2D eigenvalue weighted by atomic mass is 10.2. The van der Waals surface area contributed by atoms with Gasteiger partial charge in [0.2, 0.25) is 23.1 Å². The fourth-order valence-electron chi connectivity index (χ4n) is 1.48. The molecule has 1 aromatic heterocycles.